The zero-order valence-corrected chi connectivity index (χ0v) is 10.2. The topological polar surface area (TPSA) is 66.3 Å². The van der Waals surface area contributed by atoms with Crippen molar-refractivity contribution in [1.29, 1.82) is 0 Å². The van der Waals surface area contributed by atoms with Crippen LogP contribution in [0.25, 0.3) is 0 Å². The second-order valence-corrected chi connectivity index (χ2v) is 3.90. The third-order valence-electron chi connectivity index (χ3n) is 1.87. The molecule has 0 amide bonds. The molecule has 6 heteroatoms. The normalized spacial score (nSPS) is 9.56. The van der Waals surface area contributed by atoms with Gasteiger partial charge in [0.15, 0.2) is 5.69 Å². The zero-order valence-electron chi connectivity index (χ0n) is 8.64. The number of carbonyl (C=O) groups is 1. The van der Waals surface area contributed by atoms with Gasteiger partial charge < -0.3 is 10.0 Å². The first kappa shape index (κ1) is 12.5. The lowest BCUT2D eigenvalue weighted by molar-refractivity contribution is 0.0689. The van der Waals surface area contributed by atoms with E-state index in [4.69, 9.17) is 11.5 Å². The third kappa shape index (κ3) is 2.94. The molecule has 0 aromatic carbocycles. The first-order valence-corrected chi connectivity index (χ1v) is 5.26. The average Bonchev–Trinajstić information content (AvgIpc) is 2.26. The Morgan fingerprint density at radius 3 is 3.00 bits per heavy atom. The van der Waals surface area contributed by atoms with Gasteiger partial charge in [0.05, 0.1) is 4.47 Å². The van der Waals surface area contributed by atoms with Crippen molar-refractivity contribution in [3.05, 3.63) is 16.4 Å². The summed E-state index contributed by atoms with van der Waals surface area (Å²) in [5.74, 6) is 1.74. The molecule has 16 heavy (non-hydrogen) atoms. The number of hydrogen-bond acceptors (Lipinski definition) is 4. The number of hydrogen-bond donors (Lipinski definition) is 1. The molecule has 0 aliphatic rings. The van der Waals surface area contributed by atoms with E-state index in [-0.39, 0.29) is 5.69 Å². The van der Waals surface area contributed by atoms with Gasteiger partial charge in [-0.05, 0) is 15.9 Å². The van der Waals surface area contributed by atoms with Crippen molar-refractivity contribution in [3.63, 3.8) is 0 Å². The number of carboxylic acid groups (broad SMARTS) is 1. The number of halogens is 1. The summed E-state index contributed by atoms with van der Waals surface area (Å²) < 4.78 is 0.356. The van der Waals surface area contributed by atoms with Crippen molar-refractivity contribution in [1.82, 2.24) is 9.97 Å². The summed E-state index contributed by atoms with van der Waals surface area (Å²) in [6.45, 7) is 0.581. The highest BCUT2D eigenvalue weighted by Gasteiger charge is 2.13. The fourth-order valence-electron chi connectivity index (χ4n) is 1.02. The fourth-order valence-corrected chi connectivity index (χ4v) is 1.38. The quantitative estimate of drug-likeness (QED) is 0.846. The molecule has 1 N–H and O–H groups in total. The van der Waals surface area contributed by atoms with Crippen LogP contribution in [0.15, 0.2) is 10.7 Å². The molecule has 0 aliphatic carbocycles. The van der Waals surface area contributed by atoms with Gasteiger partial charge in [0, 0.05) is 26.2 Å². The minimum absolute atomic E-state index is 0.0578. The van der Waals surface area contributed by atoms with Crippen LogP contribution in [0.3, 0.4) is 0 Å². The van der Waals surface area contributed by atoms with Crippen LogP contribution in [0.1, 0.15) is 16.9 Å². The third-order valence-corrected chi connectivity index (χ3v) is 2.45. The van der Waals surface area contributed by atoms with Crippen LogP contribution in [0.5, 0.6) is 0 Å². The van der Waals surface area contributed by atoms with Gasteiger partial charge in [-0.1, -0.05) is 0 Å². The smallest absolute Gasteiger partial charge is 0.355 e. The van der Waals surface area contributed by atoms with Gasteiger partial charge in [-0.2, -0.15) is 0 Å². The van der Waals surface area contributed by atoms with Crippen molar-refractivity contribution in [3.8, 4) is 12.3 Å². The summed E-state index contributed by atoms with van der Waals surface area (Å²) in [5.41, 5.74) is -0.0578. The van der Waals surface area contributed by atoms with Crippen molar-refractivity contribution < 1.29 is 9.90 Å². The number of terminal acetylenes is 1. The molecule has 0 unspecified atom stereocenters. The van der Waals surface area contributed by atoms with Crippen LogP contribution in [-0.4, -0.2) is 34.6 Å². The van der Waals surface area contributed by atoms with Crippen LogP contribution in [0.2, 0.25) is 0 Å². The molecule has 1 aromatic heterocycles. The molecule has 0 atom stereocenters. The Morgan fingerprint density at radius 2 is 2.44 bits per heavy atom. The average molecular weight is 284 g/mol. The first-order chi connectivity index (χ1) is 7.56. The Hall–Kier alpha value is -1.61. The summed E-state index contributed by atoms with van der Waals surface area (Å²) >= 11 is 3.08. The number of carboxylic acids is 1. The predicted octanol–water partition coefficient (Wildman–Crippen LogP) is 1.40. The van der Waals surface area contributed by atoms with Crippen LogP contribution in [-0.2, 0) is 0 Å². The highest BCUT2D eigenvalue weighted by Crippen LogP contribution is 2.16. The van der Waals surface area contributed by atoms with E-state index in [1.54, 1.807) is 11.9 Å². The summed E-state index contributed by atoms with van der Waals surface area (Å²) in [4.78, 5) is 20.5. The van der Waals surface area contributed by atoms with E-state index in [1.807, 2.05) is 0 Å². The van der Waals surface area contributed by atoms with E-state index in [0.717, 1.165) is 0 Å². The van der Waals surface area contributed by atoms with Gasteiger partial charge in [-0.3, -0.25) is 0 Å². The minimum Gasteiger partial charge on any atom is -0.476 e. The van der Waals surface area contributed by atoms with E-state index >= 15 is 0 Å². The molecule has 5 nitrogen and oxygen atoms in total. The van der Waals surface area contributed by atoms with Crippen LogP contribution < -0.4 is 4.90 Å². The van der Waals surface area contributed by atoms with Gasteiger partial charge >= 0.3 is 5.97 Å². The van der Waals surface area contributed by atoms with Gasteiger partial charge in [0.1, 0.15) is 0 Å². The monoisotopic (exact) mass is 283 g/mol. The summed E-state index contributed by atoms with van der Waals surface area (Å²) in [5, 5.41) is 8.88. The van der Waals surface area contributed by atoms with Crippen molar-refractivity contribution in [2.45, 2.75) is 6.42 Å². The second kappa shape index (κ2) is 5.47. The Morgan fingerprint density at radius 1 is 1.75 bits per heavy atom. The minimum atomic E-state index is -1.10. The second-order valence-electron chi connectivity index (χ2n) is 3.05. The number of aromatic carboxylic acids is 1. The number of aromatic nitrogens is 2. The summed E-state index contributed by atoms with van der Waals surface area (Å²) in [6, 6.07) is 0. The lowest BCUT2D eigenvalue weighted by Gasteiger charge is -2.15. The zero-order chi connectivity index (χ0) is 12.1. The SMILES string of the molecule is C#CCCN(C)c1ncc(Br)c(C(=O)O)n1. The Balaban J connectivity index is 2.94. The number of rotatable bonds is 4. The molecule has 0 bridgehead atoms. The molecule has 0 spiro atoms. The molecular formula is C10H10BrN3O2. The number of nitrogens with zero attached hydrogens (tertiary/aromatic N) is 3. The van der Waals surface area contributed by atoms with Crippen molar-refractivity contribution in [2.24, 2.45) is 0 Å². The van der Waals surface area contributed by atoms with Crippen molar-refractivity contribution >= 4 is 27.8 Å². The Labute approximate surface area is 102 Å². The van der Waals surface area contributed by atoms with Crippen LogP contribution in [0.4, 0.5) is 5.95 Å². The Bertz CT molecular complexity index is 442. The lowest BCUT2D eigenvalue weighted by atomic mass is 10.4. The molecule has 1 heterocycles. The molecule has 0 saturated carbocycles. The Kier molecular flexibility index (Phi) is 4.26. The molecule has 0 saturated heterocycles. The van der Waals surface area contributed by atoms with Gasteiger partial charge in [-0.25, -0.2) is 14.8 Å². The molecule has 0 aliphatic heterocycles. The van der Waals surface area contributed by atoms with Gasteiger partial charge in [0.25, 0.3) is 0 Å². The largest absolute Gasteiger partial charge is 0.476 e. The van der Waals surface area contributed by atoms with E-state index in [9.17, 15) is 4.79 Å². The van der Waals surface area contributed by atoms with Crippen LogP contribution >= 0.6 is 15.9 Å². The van der Waals surface area contributed by atoms with Gasteiger partial charge in [-0.15, -0.1) is 12.3 Å². The van der Waals surface area contributed by atoms with E-state index < -0.39 is 5.97 Å². The fraction of sp³-hybridized carbons (Fsp3) is 0.300. The van der Waals surface area contributed by atoms with Crippen LogP contribution in [0, 0.1) is 12.3 Å². The number of anilines is 1. The van der Waals surface area contributed by atoms with E-state index in [2.05, 4.69) is 31.8 Å². The molecule has 1 aromatic rings. The highest BCUT2D eigenvalue weighted by atomic mass is 79.9. The maximum Gasteiger partial charge on any atom is 0.355 e. The van der Waals surface area contributed by atoms with Gasteiger partial charge in [0.2, 0.25) is 5.95 Å². The highest BCUT2D eigenvalue weighted by molar-refractivity contribution is 9.10. The van der Waals surface area contributed by atoms with E-state index in [0.29, 0.717) is 23.4 Å². The first-order valence-electron chi connectivity index (χ1n) is 4.46. The maximum absolute atomic E-state index is 10.8. The molecule has 0 fully saturated rings. The molecular weight excluding hydrogens is 274 g/mol. The summed E-state index contributed by atoms with van der Waals surface area (Å²) in [6.07, 6.45) is 7.11. The van der Waals surface area contributed by atoms with E-state index in [1.165, 1.54) is 6.20 Å². The molecule has 84 valence electrons. The predicted molar refractivity (Wildman–Crippen MR) is 63.4 cm³/mol. The molecule has 1 rings (SSSR count). The standard InChI is InChI=1S/C10H10BrN3O2/c1-3-4-5-14(2)10-12-6-7(11)8(13-10)9(15)16/h1,6H,4-5H2,2H3,(H,15,16). The summed E-state index contributed by atoms with van der Waals surface area (Å²) in [7, 11) is 1.76. The maximum atomic E-state index is 10.8. The molecule has 0 radical (unpaired) electrons. The lowest BCUT2D eigenvalue weighted by Crippen LogP contribution is -2.21. The van der Waals surface area contributed by atoms with Crippen molar-refractivity contribution in [2.75, 3.05) is 18.5 Å².